The monoisotopic (exact) mass is 143 g/mol. The van der Waals surface area contributed by atoms with Gasteiger partial charge in [-0.05, 0) is 6.07 Å². The van der Waals surface area contributed by atoms with E-state index in [-0.39, 0.29) is 5.56 Å². The van der Waals surface area contributed by atoms with Crippen molar-refractivity contribution in [2.75, 3.05) is 0 Å². The molecule has 0 radical (unpaired) electrons. The van der Waals surface area contributed by atoms with E-state index in [4.69, 9.17) is 11.6 Å². The predicted octanol–water partition coefficient (Wildman–Crippen LogP) is 1.11. The van der Waals surface area contributed by atoms with E-state index >= 15 is 0 Å². The average Bonchev–Trinajstić information content (AvgIpc) is 1.88. The van der Waals surface area contributed by atoms with Crippen LogP contribution in [0.25, 0.3) is 0 Å². The SMILES string of the molecule is O=c1cccc(CCl)[nH]1. The summed E-state index contributed by atoms with van der Waals surface area (Å²) in [6.45, 7) is 0. The molecule has 0 saturated carbocycles. The minimum absolute atomic E-state index is 0.104. The van der Waals surface area contributed by atoms with E-state index in [1.807, 2.05) is 0 Å². The maximum absolute atomic E-state index is 10.5. The molecule has 0 spiro atoms. The molecule has 1 heterocycles. The summed E-state index contributed by atoms with van der Waals surface area (Å²) in [5, 5.41) is 0. The van der Waals surface area contributed by atoms with Crippen LogP contribution in [0.3, 0.4) is 0 Å². The third kappa shape index (κ3) is 1.57. The molecule has 0 fully saturated rings. The Kier molecular flexibility index (Phi) is 1.90. The maximum Gasteiger partial charge on any atom is 0.248 e. The molecule has 0 aliphatic heterocycles. The minimum Gasteiger partial charge on any atom is -0.325 e. The number of halogens is 1. The van der Waals surface area contributed by atoms with Crippen molar-refractivity contribution < 1.29 is 0 Å². The molecular weight excluding hydrogens is 138 g/mol. The van der Waals surface area contributed by atoms with Gasteiger partial charge in [-0.25, -0.2) is 0 Å². The smallest absolute Gasteiger partial charge is 0.248 e. The Morgan fingerprint density at radius 3 is 2.78 bits per heavy atom. The van der Waals surface area contributed by atoms with Crippen molar-refractivity contribution in [2.45, 2.75) is 5.88 Å². The van der Waals surface area contributed by atoms with Gasteiger partial charge in [-0.15, -0.1) is 11.6 Å². The van der Waals surface area contributed by atoms with Gasteiger partial charge in [0.15, 0.2) is 0 Å². The fourth-order valence-electron chi connectivity index (χ4n) is 0.571. The van der Waals surface area contributed by atoms with Crippen LogP contribution in [0.5, 0.6) is 0 Å². The summed E-state index contributed by atoms with van der Waals surface area (Å²) in [6.07, 6.45) is 0. The fraction of sp³-hybridized carbons (Fsp3) is 0.167. The molecule has 0 amide bonds. The van der Waals surface area contributed by atoms with E-state index in [0.717, 1.165) is 5.69 Å². The van der Waals surface area contributed by atoms with Crippen molar-refractivity contribution >= 4 is 11.6 Å². The molecule has 1 aromatic heterocycles. The highest BCUT2D eigenvalue weighted by Gasteiger charge is 1.86. The summed E-state index contributed by atoms with van der Waals surface area (Å²) >= 11 is 5.43. The number of aromatic nitrogens is 1. The van der Waals surface area contributed by atoms with Crippen molar-refractivity contribution in [3.8, 4) is 0 Å². The van der Waals surface area contributed by atoms with E-state index in [2.05, 4.69) is 4.98 Å². The van der Waals surface area contributed by atoms with E-state index in [0.29, 0.717) is 5.88 Å². The Bertz CT molecular complexity index is 243. The van der Waals surface area contributed by atoms with Crippen LogP contribution in [-0.2, 0) is 5.88 Å². The van der Waals surface area contributed by atoms with Crippen LogP contribution >= 0.6 is 11.6 Å². The minimum atomic E-state index is -0.104. The summed E-state index contributed by atoms with van der Waals surface area (Å²) in [5.74, 6) is 0.357. The van der Waals surface area contributed by atoms with Gasteiger partial charge >= 0.3 is 0 Å². The lowest BCUT2D eigenvalue weighted by Crippen LogP contribution is -2.04. The normalized spacial score (nSPS) is 9.44. The molecule has 0 saturated heterocycles. The molecule has 1 N–H and O–H groups in total. The lowest BCUT2D eigenvalue weighted by Gasteiger charge is -1.89. The standard InChI is InChI=1S/C6H6ClNO/c7-4-5-2-1-3-6(9)8-5/h1-3H,4H2,(H,8,9). The highest BCUT2D eigenvalue weighted by molar-refractivity contribution is 6.16. The molecule has 0 aliphatic carbocycles. The fourth-order valence-corrected chi connectivity index (χ4v) is 0.727. The Morgan fingerprint density at radius 2 is 2.33 bits per heavy atom. The Labute approximate surface area is 57.5 Å². The van der Waals surface area contributed by atoms with E-state index in [9.17, 15) is 4.79 Å². The Hall–Kier alpha value is -0.760. The number of aromatic amines is 1. The molecule has 48 valence electrons. The van der Waals surface area contributed by atoms with Crippen molar-refractivity contribution in [1.82, 2.24) is 4.98 Å². The van der Waals surface area contributed by atoms with Crippen molar-refractivity contribution in [3.63, 3.8) is 0 Å². The second-order valence-corrected chi connectivity index (χ2v) is 1.94. The van der Waals surface area contributed by atoms with Gasteiger partial charge in [0, 0.05) is 11.8 Å². The summed E-state index contributed by atoms with van der Waals surface area (Å²) in [6, 6.07) is 4.90. The molecule has 0 aliphatic rings. The molecular formula is C6H6ClNO. The zero-order chi connectivity index (χ0) is 6.69. The zero-order valence-corrected chi connectivity index (χ0v) is 5.48. The summed E-state index contributed by atoms with van der Waals surface area (Å²) < 4.78 is 0. The lowest BCUT2D eigenvalue weighted by molar-refractivity contribution is 1.12. The number of rotatable bonds is 1. The van der Waals surface area contributed by atoms with Crippen LogP contribution in [0.4, 0.5) is 0 Å². The first-order valence-electron chi connectivity index (χ1n) is 2.57. The van der Waals surface area contributed by atoms with Gasteiger partial charge in [0.2, 0.25) is 5.56 Å². The average molecular weight is 144 g/mol. The van der Waals surface area contributed by atoms with Crippen LogP contribution in [0.15, 0.2) is 23.0 Å². The third-order valence-corrected chi connectivity index (χ3v) is 1.26. The lowest BCUT2D eigenvalue weighted by atomic mass is 10.4. The van der Waals surface area contributed by atoms with Gasteiger partial charge < -0.3 is 4.98 Å². The number of hydrogen-bond donors (Lipinski definition) is 1. The van der Waals surface area contributed by atoms with Crippen LogP contribution in [0.1, 0.15) is 5.69 Å². The van der Waals surface area contributed by atoms with Crippen LogP contribution in [-0.4, -0.2) is 4.98 Å². The number of alkyl halides is 1. The molecule has 3 heteroatoms. The topological polar surface area (TPSA) is 32.9 Å². The van der Waals surface area contributed by atoms with Gasteiger partial charge in [-0.2, -0.15) is 0 Å². The predicted molar refractivity (Wildman–Crippen MR) is 36.6 cm³/mol. The van der Waals surface area contributed by atoms with E-state index in [1.54, 1.807) is 12.1 Å². The Morgan fingerprint density at radius 1 is 1.56 bits per heavy atom. The van der Waals surface area contributed by atoms with Gasteiger partial charge in [0.25, 0.3) is 0 Å². The van der Waals surface area contributed by atoms with E-state index < -0.39 is 0 Å². The molecule has 1 rings (SSSR count). The van der Waals surface area contributed by atoms with E-state index in [1.165, 1.54) is 6.07 Å². The Balaban J connectivity index is 3.08. The summed E-state index contributed by atoms with van der Waals surface area (Å²) in [5.41, 5.74) is 0.650. The quantitative estimate of drug-likeness (QED) is 0.587. The van der Waals surface area contributed by atoms with Crippen molar-refractivity contribution in [2.24, 2.45) is 0 Å². The third-order valence-electron chi connectivity index (χ3n) is 0.973. The molecule has 9 heavy (non-hydrogen) atoms. The second kappa shape index (κ2) is 2.69. The van der Waals surface area contributed by atoms with Gasteiger partial charge in [-0.3, -0.25) is 4.79 Å². The highest BCUT2D eigenvalue weighted by atomic mass is 35.5. The van der Waals surface area contributed by atoms with Crippen LogP contribution in [0.2, 0.25) is 0 Å². The highest BCUT2D eigenvalue weighted by Crippen LogP contribution is 1.93. The summed E-state index contributed by atoms with van der Waals surface area (Å²) in [7, 11) is 0. The summed E-state index contributed by atoms with van der Waals surface area (Å²) in [4.78, 5) is 13.1. The van der Waals surface area contributed by atoms with Crippen LogP contribution < -0.4 is 5.56 Å². The first kappa shape index (κ1) is 6.36. The molecule has 2 nitrogen and oxygen atoms in total. The maximum atomic E-state index is 10.5. The van der Waals surface area contributed by atoms with Crippen molar-refractivity contribution in [1.29, 1.82) is 0 Å². The second-order valence-electron chi connectivity index (χ2n) is 1.67. The molecule has 0 atom stereocenters. The molecule has 0 unspecified atom stereocenters. The first-order chi connectivity index (χ1) is 4.33. The number of H-pyrrole nitrogens is 1. The van der Waals surface area contributed by atoms with Gasteiger partial charge in [0.05, 0.1) is 5.88 Å². The largest absolute Gasteiger partial charge is 0.325 e. The molecule has 0 aromatic carbocycles. The van der Waals surface area contributed by atoms with Gasteiger partial charge in [0.1, 0.15) is 0 Å². The molecule has 1 aromatic rings. The van der Waals surface area contributed by atoms with Crippen LogP contribution in [0, 0.1) is 0 Å². The van der Waals surface area contributed by atoms with Gasteiger partial charge in [-0.1, -0.05) is 6.07 Å². The van der Waals surface area contributed by atoms with Crippen molar-refractivity contribution in [3.05, 3.63) is 34.2 Å². The molecule has 0 bridgehead atoms. The number of hydrogen-bond acceptors (Lipinski definition) is 1. The zero-order valence-electron chi connectivity index (χ0n) is 4.73. The first-order valence-corrected chi connectivity index (χ1v) is 3.10. The number of pyridine rings is 1. The number of nitrogens with one attached hydrogen (secondary N) is 1.